The smallest absolute Gasteiger partial charge is 0.419 e. The average molecular weight is 640 g/mol. The molecule has 46 heavy (non-hydrogen) atoms. The SMILES string of the molecule is CC(C)(C)OC(=O)n1c(-c2cc(NC(=O)c3cnn(Cc4ccccc4)c3)cn(COCC[Si](C)(C)C)c2=O)cc2ccccc21. The summed E-state index contributed by atoms with van der Waals surface area (Å²) in [5.74, 6) is -0.386. The quantitative estimate of drug-likeness (QED) is 0.129. The summed E-state index contributed by atoms with van der Waals surface area (Å²) in [6, 6.07) is 21.5. The highest BCUT2D eigenvalue weighted by atomic mass is 28.3. The number of nitrogens with zero attached hydrogens (tertiary/aromatic N) is 4. The minimum Gasteiger partial charge on any atom is -0.443 e. The van der Waals surface area contributed by atoms with Crippen molar-refractivity contribution in [2.75, 3.05) is 11.9 Å². The molecule has 10 nitrogen and oxygen atoms in total. The second-order valence-corrected chi connectivity index (χ2v) is 19.2. The molecule has 0 aliphatic rings. The number of anilines is 1. The first kappa shape index (κ1) is 32.6. The van der Waals surface area contributed by atoms with Gasteiger partial charge in [-0.1, -0.05) is 68.2 Å². The first-order valence-corrected chi connectivity index (χ1v) is 19.0. The minimum absolute atomic E-state index is 0.0122. The molecule has 0 radical (unpaired) electrons. The number of rotatable bonds is 10. The first-order chi connectivity index (χ1) is 21.8. The number of carbonyl (C=O) groups excluding carboxylic acids is 2. The van der Waals surface area contributed by atoms with Crippen LogP contribution in [0.2, 0.25) is 25.7 Å². The van der Waals surface area contributed by atoms with Crippen LogP contribution in [0.4, 0.5) is 10.5 Å². The summed E-state index contributed by atoms with van der Waals surface area (Å²) in [6.45, 7) is 13.2. The monoisotopic (exact) mass is 639 g/mol. The molecule has 0 spiro atoms. The minimum atomic E-state index is -1.36. The molecule has 11 heteroatoms. The van der Waals surface area contributed by atoms with Gasteiger partial charge in [0, 0.05) is 32.5 Å². The second kappa shape index (κ2) is 13.3. The number of benzene rings is 2. The summed E-state index contributed by atoms with van der Waals surface area (Å²) >= 11 is 0. The molecular weight excluding hydrogens is 599 g/mol. The largest absolute Gasteiger partial charge is 0.443 e. The molecule has 3 heterocycles. The zero-order valence-electron chi connectivity index (χ0n) is 27.2. The standard InChI is InChI=1S/C35H41N5O5Si/c1-35(2,3)45-34(43)40-30-15-11-10-14-26(30)18-31(40)29-19-28(23-38(33(29)42)24-44-16-17-46(4,5)6)37-32(41)27-20-36-39(22-27)21-25-12-8-7-9-13-25/h7-15,18-20,22-23H,16-17,21,24H2,1-6H3,(H,37,41). The van der Waals surface area contributed by atoms with Crippen LogP contribution in [0.25, 0.3) is 22.2 Å². The summed E-state index contributed by atoms with van der Waals surface area (Å²) in [5.41, 5.74) is 1.83. The molecule has 240 valence electrons. The third-order valence-corrected chi connectivity index (χ3v) is 8.92. The summed E-state index contributed by atoms with van der Waals surface area (Å²) in [5, 5.41) is 8.04. The van der Waals surface area contributed by atoms with Crippen LogP contribution in [0.15, 0.2) is 90.1 Å². The van der Waals surface area contributed by atoms with E-state index in [1.807, 2.05) is 48.5 Å². The van der Waals surface area contributed by atoms with Gasteiger partial charge in [-0.05, 0) is 50.6 Å². The molecule has 0 unspecified atom stereocenters. The zero-order valence-corrected chi connectivity index (χ0v) is 28.2. The van der Waals surface area contributed by atoms with Crippen molar-refractivity contribution in [2.45, 2.75) is 65.3 Å². The number of hydrogen-bond donors (Lipinski definition) is 1. The highest BCUT2D eigenvalue weighted by Gasteiger charge is 2.25. The van der Waals surface area contributed by atoms with E-state index in [4.69, 9.17) is 9.47 Å². The van der Waals surface area contributed by atoms with E-state index in [-0.39, 0.29) is 23.8 Å². The lowest BCUT2D eigenvalue weighted by Crippen LogP contribution is -2.29. The van der Waals surface area contributed by atoms with Crippen LogP contribution in [0.5, 0.6) is 0 Å². The predicted molar refractivity (Wildman–Crippen MR) is 183 cm³/mol. The maximum absolute atomic E-state index is 14.0. The first-order valence-electron chi connectivity index (χ1n) is 15.3. The Morgan fingerprint density at radius 1 is 0.957 bits per heavy atom. The van der Waals surface area contributed by atoms with Gasteiger partial charge in [0.25, 0.3) is 11.5 Å². The highest BCUT2D eigenvalue weighted by molar-refractivity contribution is 6.76. The Morgan fingerprint density at radius 2 is 1.67 bits per heavy atom. The molecule has 2 aromatic carbocycles. The number of pyridine rings is 1. The third-order valence-electron chi connectivity index (χ3n) is 7.22. The van der Waals surface area contributed by atoms with Gasteiger partial charge in [0.15, 0.2) is 0 Å². The van der Waals surface area contributed by atoms with Crippen LogP contribution in [0.3, 0.4) is 0 Å². The van der Waals surface area contributed by atoms with Crippen LogP contribution in [-0.4, -0.2) is 51.2 Å². The Morgan fingerprint density at radius 3 is 2.39 bits per heavy atom. The van der Waals surface area contributed by atoms with Gasteiger partial charge in [-0.25, -0.2) is 9.36 Å². The van der Waals surface area contributed by atoms with Gasteiger partial charge in [-0.3, -0.25) is 18.8 Å². The molecule has 1 N–H and O–H groups in total. The fourth-order valence-corrected chi connectivity index (χ4v) is 5.68. The van der Waals surface area contributed by atoms with Crippen LogP contribution in [-0.2, 0) is 22.7 Å². The molecule has 0 fully saturated rings. The number of carbonyl (C=O) groups is 2. The van der Waals surface area contributed by atoms with Crippen LogP contribution in [0, 0.1) is 0 Å². The third kappa shape index (κ3) is 8.09. The maximum Gasteiger partial charge on any atom is 0.419 e. The Hall–Kier alpha value is -4.74. The highest BCUT2D eigenvalue weighted by Crippen LogP contribution is 2.29. The van der Waals surface area contributed by atoms with E-state index in [0.717, 1.165) is 17.0 Å². The number of hydrogen-bond acceptors (Lipinski definition) is 6. The van der Waals surface area contributed by atoms with E-state index >= 15 is 0 Å². The maximum atomic E-state index is 14.0. The van der Waals surface area contributed by atoms with Crippen LogP contribution >= 0.6 is 0 Å². The summed E-state index contributed by atoms with van der Waals surface area (Å²) in [7, 11) is -1.36. The molecule has 0 atom stereocenters. The van der Waals surface area contributed by atoms with Gasteiger partial charge in [0.2, 0.25) is 0 Å². The molecule has 5 rings (SSSR count). The number of ether oxygens (including phenoxy) is 2. The van der Waals surface area contributed by atoms with E-state index in [1.165, 1.54) is 15.3 Å². The van der Waals surface area contributed by atoms with Gasteiger partial charge >= 0.3 is 6.09 Å². The Balaban J connectivity index is 1.52. The molecule has 0 aliphatic carbocycles. The Kier molecular flexibility index (Phi) is 9.45. The lowest BCUT2D eigenvalue weighted by molar-refractivity contribution is 0.0547. The second-order valence-electron chi connectivity index (χ2n) is 13.5. The number of nitrogens with one attached hydrogen (secondary N) is 1. The molecular formula is C35H41N5O5Si. The van der Waals surface area contributed by atoms with Crippen LogP contribution < -0.4 is 10.9 Å². The molecule has 0 saturated carbocycles. The van der Waals surface area contributed by atoms with Gasteiger partial charge in [-0.2, -0.15) is 5.10 Å². The van der Waals surface area contributed by atoms with E-state index in [2.05, 4.69) is 30.1 Å². The van der Waals surface area contributed by atoms with Crippen molar-refractivity contribution in [1.29, 1.82) is 0 Å². The van der Waals surface area contributed by atoms with E-state index in [1.54, 1.807) is 56.0 Å². The summed E-state index contributed by atoms with van der Waals surface area (Å²) < 4.78 is 16.2. The van der Waals surface area contributed by atoms with Crippen molar-refractivity contribution in [1.82, 2.24) is 18.9 Å². The zero-order chi connectivity index (χ0) is 33.1. The van der Waals surface area contributed by atoms with Gasteiger partial charge < -0.3 is 14.8 Å². The molecule has 5 aromatic rings. The number of para-hydroxylation sites is 1. The molecule has 0 aliphatic heterocycles. The van der Waals surface area contributed by atoms with Crippen molar-refractivity contribution in [3.8, 4) is 11.3 Å². The van der Waals surface area contributed by atoms with Crippen LogP contribution in [0.1, 0.15) is 36.7 Å². The number of fused-ring (bicyclic) bond motifs is 1. The normalized spacial score (nSPS) is 12.0. The summed E-state index contributed by atoms with van der Waals surface area (Å²) in [4.78, 5) is 40.9. The fraction of sp³-hybridized carbons (Fsp3) is 0.314. The Labute approximate surface area is 269 Å². The fourth-order valence-electron chi connectivity index (χ4n) is 4.92. The van der Waals surface area contributed by atoms with Crippen molar-refractivity contribution < 1.29 is 19.1 Å². The predicted octanol–water partition coefficient (Wildman–Crippen LogP) is 7.06. The lowest BCUT2D eigenvalue weighted by Gasteiger charge is -2.21. The van der Waals surface area contributed by atoms with Crippen molar-refractivity contribution in [3.05, 3.63) is 107 Å². The molecule has 3 aromatic heterocycles. The van der Waals surface area contributed by atoms with Crippen molar-refractivity contribution in [3.63, 3.8) is 0 Å². The van der Waals surface area contributed by atoms with E-state index in [0.29, 0.717) is 35.6 Å². The Bertz CT molecular complexity index is 1910. The van der Waals surface area contributed by atoms with E-state index in [9.17, 15) is 14.4 Å². The number of aromatic nitrogens is 4. The van der Waals surface area contributed by atoms with E-state index < -0.39 is 19.8 Å². The average Bonchev–Trinajstić information content (AvgIpc) is 3.61. The lowest BCUT2D eigenvalue weighted by atomic mass is 10.1. The summed E-state index contributed by atoms with van der Waals surface area (Å²) in [6.07, 6.45) is 4.14. The van der Waals surface area contributed by atoms with Gasteiger partial charge in [0.05, 0.1) is 40.8 Å². The van der Waals surface area contributed by atoms with Crippen molar-refractivity contribution >= 4 is 36.7 Å². The van der Waals surface area contributed by atoms with Crippen molar-refractivity contribution in [2.24, 2.45) is 0 Å². The topological polar surface area (TPSA) is 109 Å². The van der Waals surface area contributed by atoms with Gasteiger partial charge in [-0.15, -0.1) is 0 Å². The molecule has 0 bridgehead atoms. The molecule has 1 amide bonds. The molecule has 0 saturated heterocycles. The number of amides is 1. The van der Waals surface area contributed by atoms with Gasteiger partial charge in [0.1, 0.15) is 12.3 Å².